The van der Waals surface area contributed by atoms with E-state index in [1.807, 2.05) is 32.3 Å². The van der Waals surface area contributed by atoms with Crippen molar-refractivity contribution in [3.8, 4) is 11.5 Å². The molecule has 0 spiro atoms. The second-order valence-corrected chi connectivity index (χ2v) is 6.64. The fourth-order valence-corrected chi connectivity index (χ4v) is 2.71. The summed E-state index contributed by atoms with van der Waals surface area (Å²) in [5.41, 5.74) is 1.28. The third-order valence-electron chi connectivity index (χ3n) is 4.05. The smallest absolute Gasteiger partial charge is 0.270 e. The van der Waals surface area contributed by atoms with Crippen LogP contribution in [0.1, 0.15) is 28.3 Å². The summed E-state index contributed by atoms with van der Waals surface area (Å²) >= 11 is 0. The van der Waals surface area contributed by atoms with E-state index >= 15 is 0 Å². The maximum Gasteiger partial charge on any atom is 0.270 e. The minimum absolute atomic E-state index is 0.232. The zero-order valence-corrected chi connectivity index (χ0v) is 15.9. The molecule has 1 aliphatic heterocycles. The third kappa shape index (κ3) is 5.30. The molecular weight excluding hydrogens is 346 g/mol. The second kappa shape index (κ2) is 8.68. The number of hydrogen-bond acceptors (Lipinski definition) is 7. The van der Waals surface area contributed by atoms with Gasteiger partial charge < -0.3 is 25.0 Å². The molecule has 0 saturated carbocycles. The molecule has 0 radical (unpaired) electrons. The quantitative estimate of drug-likeness (QED) is 0.684. The molecule has 0 saturated heterocycles. The van der Waals surface area contributed by atoms with Crippen molar-refractivity contribution in [3.05, 3.63) is 41.3 Å². The summed E-state index contributed by atoms with van der Waals surface area (Å²) in [6.07, 6.45) is 0.988. The summed E-state index contributed by atoms with van der Waals surface area (Å²) in [5, 5.41) is 6.13. The molecule has 0 atom stereocenters. The van der Waals surface area contributed by atoms with Crippen LogP contribution in [-0.2, 0) is 6.54 Å². The lowest BCUT2D eigenvalue weighted by Crippen LogP contribution is -2.24. The van der Waals surface area contributed by atoms with Gasteiger partial charge in [0, 0.05) is 19.2 Å². The lowest BCUT2D eigenvalue weighted by molar-refractivity contribution is 0.0945. The fourth-order valence-electron chi connectivity index (χ4n) is 2.71. The minimum Gasteiger partial charge on any atom is -0.454 e. The van der Waals surface area contributed by atoms with Crippen molar-refractivity contribution in [1.82, 2.24) is 20.2 Å². The highest BCUT2D eigenvalue weighted by molar-refractivity contribution is 5.92. The fraction of sp³-hybridized carbons (Fsp3) is 0.421. The summed E-state index contributed by atoms with van der Waals surface area (Å²) in [6.45, 7) is 4.16. The zero-order chi connectivity index (χ0) is 19.2. The van der Waals surface area contributed by atoms with E-state index in [0.29, 0.717) is 29.6 Å². The minimum atomic E-state index is -0.241. The van der Waals surface area contributed by atoms with Gasteiger partial charge in [-0.3, -0.25) is 4.79 Å². The predicted octanol–water partition coefficient (Wildman–Crippen LogP) is 1.81. The Morgan fingerprint density at radius 2 is 2.00 bits per heavy atom. The third-order valence-corrected chi connectivity index (χ3v) is 4.05. The van der Waals surface area contributed by atoms with Gasteiger partial charge in [-0.15, -0.1) is 0 Å². The van der Waals surface area contributed by atoms with E-state index in [1.54, 1.807) is 13.0 Å². The number of carbonyl (C=O) groups is 1. The Hall–Kier alpha value is -2.87. The molecule has 2 N–H and O–H groups in total. The van der Waals surface area contributed by atoms with E-state index in [4.69, 9.17) is 9.47 Å². The van der Waals surface area contributed by atoms with Gasteiger partial charge in [-0.25, -0.2) is 9.97 Å². The number of rotatable bonds is 8. The molecule has 1 amide bonds. The lowest BCUT2D eigenvalue weighted by atomic mass is 10.2. The molecule has 1 aliphatic rings. The molecule has 1 aromatic carbocycles. The molecule has 8 nitrogen and oxygen atoms in total. The highest BCUT2D eigenvalue weighted by Crippen LogP contribution is 2.32. The number of carbonyl (C=O) groups excluding carboxylic acids is 1. The van der Waals surface area contributed by atoms with Crippen LogP contribution < -0.4 is 20.1 Å². The van der Waals surface area contributed by atoms with Crippen molar-refractivity contribution >= 4 is 11.7 Å². The van der Waals surface area contributed by atoms with Gasteiger partial charge in [0.15, 0.2) is 11.5 Å². The summed E-state index contributed by atoms with van der Waals surface area (Å²) in [5.74, 6) is 2.40. The molecule has 0 aliphatic carbocycles. The first-order valence-corrected chi connectivity index (χ1v) is 8.92. The van der Waals surface area contributed by atoms with Crippen molar-refractivity contribution in [1.29, 1.82) is 0 Å². The average molecular weight is 371 g/mol. The number of aromatic nitrogens is 2. The van der Waals surface area contributed by atoms with Gasteiger partial charge in [0.1, 0.15) is 17.3 Å². The Bertz CT molecular complexity index is 810. The van der Waals surface area contributed by atoms with Gasteiger partial charge in [0.05, 0.1) is 0 Å². The normalized spacial score (nSPS) is 12.3. The molecule has 1 aromatic heterocycles. The highest BCUT2D eigenvalue weighted by atomic mass is 16.7. The number of ether oxygens (including phenoxy) is 2. The Morgan fingerprint density at radius 3 is 2.81 bits per heavy atom. The van der Waals surface area contributed by atoms with Crippen LogP contribution >= 0.6 is 0 Å². The highest BCUT2D eigenvalue weighted by Gasteiger charge is 2.14. The van der Waals surface area contributed by atoms with Crippen molar-refractivity contribution in [2.75, 3.05) is 39.3 Å². The second-order valence-electron chi connectivity index (χ2n) is 6.64. The molecule has 0 bridgehead atoms. The van der Waals surface area contributed by atoms with Gasteiger partial charge in [-0.1, -0.05) is 6.07 Å². The van der Waals surface area contributed by atoms with Crippen LogP contribution in [0.5, 0.6) is 11.5 Å². The summed E-state index contributed by atoms with van der Waals surface area (Å²) < 4.78 is 10.6. The molecule has 2 heterocycles. The van der Waals surface area contributed by atoms with Crippen LogP contribution in [0.4, 0.5) is 5.82 Å². The number of hydrogen-bond donors (Lipinski definition) is 2. The van der Waals surface area contributed by atoms with E-state index in [1.165, 1.54) is 0 Å². The number of fused-ring (bicyclic) bond motifs is 1. The average Bonchev–Trinajstić information content (AvgIpc) is 3.10. The zero-order valence-electron chi connectivity index (χ0n) is 15.9. The molecule has 2 aromatic rings. The van der Waals surface area contributed by atoms with Gasteiger partial charge in [0.25, 0.3) is 5.91 Å². The molecule has 8 heteroatoms. The number of nitrogens with one attached hydrogen (secondary N) is 2. The van der Waals surface area contributed by atoms with Crippen molar-refractivity contribution in [2.24, 2.45) is 0 Å². The van der Waals surface area contributed by atoms with E-state index in [0.717, 1.165) is 30.8 Å². The largest absolute Gasteiger partial charge is 0.454 e. The molecule has 3 rings (SSSR count). The molecular formula is C19H25N5O3. The first kappa shape index (κ1) is 18.9. The predicted molar refractivity (Wildman–Crippen MR) is 102 cm³/mol. The Morgan fingerprint density at radius 1 is 1.19 bits per heavy atom. The van der Waals surface area contributed by atoms with Crippen molar-refractivity contribution < 1.29 is 14.3 Å². The molecule has 0 fully saturated rings. The lowest BCUT2D eigenvalue weighted by Gasteiger charge is -2.11. The number of aryl methyl sites for hydroxylation is 1. The van der Waals surface area contributed by atoms with Gasteiger partial charge in [-0.05, 0) is 51.7 Å². The summed E-state index contributed by atoms with van der Waals surface area (Å²) in [7, 11) is 4.08. The standard InChI is InChI=1S/C19H25N5O3/c1-13-22-15(10-18(23-13)20-7-4-8-24(2)3)19(25)21-11-14-5-6-16-17(9-14)27-12-26-16/h5-6,9-10H,4,7-8,11-12H2,1-3H3,(H,21,25)(H,20,22,23). The van der Waals surface area contributed by atoms with Crippen LogP contribution in [0.2, 0.25) is 0 Å². The van der Waals surface area contributed by atoms with Crippen LogP contribution in [-0.4, -0.2) is 54.8 Å². The van der Waals surface area contributed by atoms with E-state index < -0.39 is 0 Å². The topological polar surface area (TPSA) is 88.6 Å². The van der Waals surface area contributed by atoms with E-state index in [9.17, 15) is 4.79 Å². The van der Waals surface area contributed by atoms with Crippen LogP contribution in [0.15, 0.2) is 24.3 Å². The van der Waals surface area contributed by atoms with Crippen molar-refractivity contribution in [3.63, 3.8) is 0 Å². The maximum atomic E-state index is 12.5. The van der Waals surface area contributed by atoms with Gasteiger partial charge in [0.2, 0.25) is 6.79 Å². The van der Waals surface area contributed by atoms with Crippen LogP contribution in [0.3, 0.4) is 0 Å². The molecule has 144 valence electrons. The SMILES string of the molecule is Cc1nc(NCCCN(C)C)cc(C(=O)NCc2ccc3c(c2)OCO3)n1. The van der Waals surface area contributed by atoms with E-state index in [2.05, 4.69) is 25.5 Å². The van der Waals surface area contributed by atoms with Gasteiger partial charge in [-0.2, -0.15) is 0 Å². The number of nitrogens with zero attached hydrogens (tertiary/aromatic N) is 3. The number of benzene rings is 1. The Labute approximate surface area is 158 Å². The molecule has 0 unspecified atom stereocenters. The van der Waals surface area contributed by atoms with Crippen LogP contribution in [0, 0.1) is 6.92 Å². The number of anilines is 1. The summed E-state index contributed by atoms with van der Waals surface area (Å²) in [6, 6.07) is 7.29. The van der Waals surface area contributed by atoms with Crippen LogP contribution in [0.25, 0.3) is 0 Å². The van der Waals surface area contributed by atoms with Crippen molar-refractivity contribution in [2.45, 2.75) is 19.9 Å². The van der Waals surface area contributed by atoms with E-state index in [-0.39, 0.29) is 12.7 Å². The Kier molecular flexibility index (Phi) is 6.08. The Balaban J connectivity index is 1.57. The first-order chi connectivity index (χ1) is 13.0. The first-order valence-electron chi connectivity index (χ1n) is 8.92. The maximum absolute atomic E-state index is 12.5. The number of amides is 1. The molecule has 27 heavy (non-hydrogen) atoms. The monoisotopic (exact) mass is 371 g/mol. The van der Waals surface area contributed by atoms with Gasteiger partial charge >= 0.3 is 0 Å². The summed E-state index contributed by atoms with van der Waals surface area (Å²) in [4.78, 5) is 23.2.